The number of hydrogen-bond acceptors (Lipinski definition) is 6. The van der Waals surface area contributed by atoms with Crippen molar-refractivity contribution in [3.63, 3.8) is 0 Å². The fourth-order valence-electron chi connectivity index (χ4n) is 3.62. The quantitative estimate of drug-likeness (QED) is 0.756. The molecule has 0 radical (unpaired) electrons. The highest BCUT2D eigenvalue weighted by atomic mass is 16.6. The van der Waals surface area contributed by atoms with E-state index in [1.54, 1.807) is 4.90 Å². The number of nitrogens with zero attached hydrogens (tertiary/aromatic N) is 1. The zero-order valence-electron chi connectivity index (χ0n) is 15.8. The third kappa shape index (κ3) is 3.24. The first-order valence-corrected chi connectivity index (χ1v) is 9.13. The van der Waals surface area contributed by atoms with Crippen molar-refractivity contribution in [3.05, 3.63) is 47.5 Å². The van der Waals surface area contributed by atoms with Crippen LogP contribution in [0.3, 0.4) is 0 Å². The SMILES string of the molecule is COc1cc(C(=O)OCC(=O)N2c3ccccc3CC2C)cc2c1OCCO2. The molecule has 28 heavy (non-hydrogen) atoms. The summed E-state index contributed by atoms with van der Waals surface area (Å²) in [5.41, 5.74) is 2.23. The van der Waals surface area contributed by atoms with E-state index < -0.39 is 5.97 Å². The van der Waals surface area contributed by atoms with Crippen LogP contribution in [-0.4, -0.2) is 44.8 Å². The van der Waals surface area contributed by atoms with Gasteiger partial charge in [-0.25, -0.2) is 4.79 Å². The van der Waals surface area contributed by atoms with Gasteiger partial charge in [0.05, 0.1) is 12.7 Å². The number of carbonyl (C=O) groups is 2. The Morgan fingerprint density at radius 2 is 1.96 bits per heavy atom. The molecule has 1 unspecified atom stereocenters. The Balaban J connectivity index is 1.47. The number of benzene rings is 2. The predicted octanol–water partition coefficient (Wildman–Crippen LogP) is 2.60. The first-order valence-electron chi connectivity index (χ1n) is 9.13. The van der Waals surface area contributed by atoms with E-state index in [2.05, 4.69) is 0 Å². The lowest BCUT2D eigenvalue weighted by Gasteiger charge is -2.23. The number of methoxy groups -OCH3 is 1. The molecule has 4 rings (SSSR count). The summed E-state index contributed by atoms with van der Waals surface area (Å²) in [4.78, 5) is 26.9. The summed E-state index contributed by atoms with van der Waals surface area (Å²) < 4.78 is 21.6. The summed E-state index contributed by atoms with van der Waals surface area (Å²) in [6.07, 6.45) is 0.787. The lowest BCUT2D eigenvalue weighted by Crippen LogP contribution is -2.38. The van der Waals surface area contributed by atoms with Gasteiger partial charge in [0.2, 0.25) is 5.75 Å². The average molecular weight is 383 g/mol. The zero-order valence-corrected chi connectivity index (χ0v) is 15.8. The molecule has 7 nitrogen and oxygen atoms in total. The van der Waals surface area contributed by atoms with Gasteiger partial charge in [0.1, 0.15) is 13.2 Å². The predicted molar refractivity (Wildman–Crippen MR) is 101 cm³/mol. The van der Waals surface area contributed by atoms with Gasteiger partial charge in [-0.3, -0.25) is 4.79 Å². The number of anilines is 1. The molecule has 0 spiro atoms. The van der Waals surface area contributed by atoms with E-state index in [1.165, 1.54) is 19.2 Å². The number of para-hydroxylation sites is 1. The van der Waals surface area contributed by atoms with E-state index in [-0.39, 0.29) is 24.1 Å². The molecule has 2 aromatic carbocycles. The monoisotopic (exact) mass is 383 g/mol. The minimum atomic E-state index is -0.622. The van der Waals surface area contributed by atoms with Gasteiger partial charge in [-0.05, 0) is 37.1 Å². The van der Waals surface area contributed by atoms with Gasteiger partial charge in [0.15, 0.2) is 18.1 Å². The largest absolute Gasteiger partial charge is 0.493 e. The van der Waals surface area contributed by atoms with Crippen molar-refractivity contribution < 1.29 is 28.5 Å². The summed E-state index contributed by atoms with van der Waals surface area (Å²) >= 11 is 0. The van der Waals surface area contributed by atoms with Crippen LogP contribution in [-0.2, 0) is 16.0 Å². The first kappa shape index (κ1) is 18.2. The second-order valence-electron chi connectivity index (χ2n) is 6.72. The van der Waals surface area contributed by atoms with Gasteiger partial charge in [0.25, 0.3) is 5.91 Å². The van der Waals surface area contributed by atoms with Crippen molar-refractivity contribution in [1.82, 2.24) is 0 Å². The number of ether oxygens (including phenoxy) is 4. The fourth-order valence-corrected chi connectivity index (χ4v) is 3.62. The topological polar surface area (TPSA) is 74.3 Å². The van der Waals surface area contributed by atoms with Gasteiger partial charge in [0, 0.05) is 11.7 Å². The Labute approximate surface area is 162 Å². The molecule has 0 bridgehead atoms. The van der Waals surface area contributed by atoms with Gasteiger partial charge in [-0.2, -0.15) is 0 Å². The summed E-state index contributed by atoms with van der Waals surface area (Å²) in [6.45, 7) is 2.44. The number of carbonyl (C=O) groups excluding carboxylic acids is 2. The van der Waals surface area contributed by atoms with Crippen LogP contribution in [0, 0.1) is 0 Å². The number of rotatable bonds is 4. The molecule has 0 aromatic heterocycles. The molecule has 0 saturated carbocycles. The first-order chi connectivity index (χ1) is 13.6. The summed E-state index contributed by atoms with van der Waals surface area (Å²) in [7, 11) is 1.48. The maximum atomic E-state index is 12.7. The molecule has 0 N–H and O–H groups in total. The minimum absolute atomic E-state index is 0.0259. The third-order valence-corrected chi connectivity index (χ3v) is 4.87. The van der Waals surface area contributed by atoms with Crippen LogP contribution < -0.4 is 19.1 Å². The second kappa shape index (κ2) is 7.42. The van der Waals surface area contributed by atoms with Crippen LogP contribution in [0.25, 0.3) is 0 Å². The van der Waals surface area contributed by atoms with Crippen molar-refractivity contribution in [2.24, 2.45) is 0 Å². The zero-order chi connectivity index (χ0) is 19.7. The number of fused-ring (bicyclic) bond motifs is 2. The molecule has 2 aliphatic heterocycles. The highest BCUT2D eigenvalue weighted by Gasteiger charge is 2.31. The number of esters is 1. The smallest absolute Gasteiger partial charge is 0.338 e. The van der Waals surface area contributed by atoms with Crippen molar-refractivity contribution in [2.75, 3.05) is 31.8 Å². The Kier molecular flexibility index (Phi) is 4.81. The van der Waals surface area contributed by atoms with Gasteiger partial charge >= 0.3 is 5.97 Å². The van der Waals surface area contributed by atoms with E-state index in [4.69, 9.17) is 18.9 Å². The summed E-state index contributed by atoms with van der Waals surface area (Å²) in [6, 6.07) is 10.8. The minimum Gasteiger partial charge on any atom is -0.493 e. The highest BCUT2D eigenvalue weighted by molar-refractivity contribution is 5.99. The van der Waals surface area contributed by atoms with Gasteiger partial charge < -0.3 is 23.8 Å². The van der Waals surface area contributed by atoms with E-state index in [0.717, 1.165) is 17.7 Å². The maximum absolute atomic E-state index is 12.7. The van der Waals surface area contributed by atoms with E-state index in [1.807, 2.05) is 31.2 Å². The fraction of sp³-hybridized carbons (Fsp3) is 0.333. The molecule has 0 saturated heterocycles. The van der Waals surface area contributed by atoms with E-state index in [9.17, 15) is 9.59 Å². The maximum Gasteiger partial charge on any atom is 0.338 e. The lowest BCUT2D eigenvalue weighted by molar-refractivity contribution is -0.122. The van der Waals surface area contributed by atoms with Crippen molar-refractivity contribution in [1.29, 1.82) is 0 Å². The molecule has 0 aliphatic carbocycles. The molecule has 1 amide bonds. The molecule has 146 valence electrons. The highest BCUT2D eigenvalue weighted by Crippen LogP contribution is 2.40. The lowest BCUT2D eigenvalue weighted by atomic mass is 10.1. The van der Waals surface area contributed by atoms with Crippen LogP contribution in [0.5, 0.6) is 17.2 Å². The van der Waals surface area contributed by atoms with Crippen LogP contribution >= 0.6 is 0 Å². The molecular weight excluding hydrogens is 362 g/mol. The van der Waals surface area contributed by atoms with E-state index in [0.29, 0.717) is 30.5 Å². The average Bonchev–Trinajstić information content (AvgIpc) is 3.06. The molecule has 7 heteroatoms. The normalized spacial score (nSPS) is 17.1. The molecule has 2 aliphatic rings. The van der Waals surface area contributed by atoms with Crippen LogP contribution in [0.1, 0.15) is 22.8 Å². The van der Waals surface area contributed by atoms with E-state index >= 15 is 0 Å². The Morgan fingerprint density at radius 1 is 1.18 bits per heavy atom. The summed E-state index contributed by atoms with van der Waals surface area (Å²) in [5, 5.41) is 0. The van der Waals surface area contributed by atoms with Crippen molar-refractivity contribution in [3.8, 4) is 17.2 Å². The number of hydrogen-bond donors (Lipinski definition) is 0. The van der Waals surface area contributed by atoms with Gasteiger partial charge in [-0.15, -0.1) is 0 Å². The van der Waals surface area contributed by atoms with Crippen LogP contribution in [0.15, 0.2) is 36.4 Å². The molecular formula is C21H21NO6. The Bertz CT molecular complexity index is 908. The Hall–Kier alpha value is -3.22. The van der Waals surface area contributed by atoms with Crippen LogP contribution in [0.2, 0.25) is 0 Å². The van der Waals surface area contributed by atoms with Crippen molar-refractivity contribution >= 4 is 17.6 Å². The standard InChI is InChI=1S/C21H21NO6/c1-13-9-14-5-3-4-6-16(14)22(13)19(23)12-28-21(24)15-10-17(25-2)20-18(11-15)26-7-8-27-20/h3-6,10-11,13H,7-9,12H2,1-2H3. The Morgan fingerprint density at radius 3 is 2.79 bits per heavy atom. The van der Waals surface area contributed by atoms with Crippen molar-refractivity contribution in [2.45, 2.75) is 19.4 Å². The molecule has 2 heterocycles. The molecule has 0 fully saturated rings. The van der Waals surface area contributed by atoms with Crippen LogP contribution in [0.4, 0.5) is 5.69 Å². The van der Waals surface area contributed by atoms with Gasteiger partial charge in [-0.1, -0.05) is 18.2 Å². The summed E-state index contributed by atoms with van der Waals surface area (Å²) in [5.74, 6) is 0.395. The third-order valence-electron chi connectivity index (χ3n) is 4.87. The second-order valence-corrected chi connectivity index (χ2v) is 6.72. The molecule has 1 atom stereocenters. The number of amides is 1. The molecule has 2 aromatic rings.